The number of alkyl halides is 3. The van der Waals surface area contributed by atoms with Crippen molar-refractivity contribution in [2.75, 3.05) is 85.5 Å². The molecule has 0 radical (unpaired) electrons. The van der Waals surface area contributed by atoms with Crippen LogP contribution in [0.25, 0.3) is 0 Å². The van der Waals surface area contributed by atoms with Gasteiger partial charge in [0.25, 0.3) is 5.91 Å². The van der Waals surface area contributed by atoms with E-state index in [0.29, 0.717) is 48.9 Å². The van der Waals surface area contributed by atoms with Crippen molar-refractivity contribution in [2.24, 2.45) is 5.92 Å². The van der Waals surface area contributed by atoms with Crippen molar-refractivity contribution in [3.63, 3.8) is 0 Å². The van der Waals surface area contributed by atoms with Gasteiger partial charge in [0.1, 0.15) is 17.6 Å². The predicted molar refractivity (Wildman–Crippen MR) is 223 cm³/mol. The van der Waals surface area contributed by atoms with Crippen molar-refractivity contribution in [2.45, 2.75) is 69.9 Å². The third-order valence-corrected chi connectivity index (χ3v) is 13.2. The summed E-state index contributed by atoms with van der Waals surface area (Å²) in [5, 5.41) is 14.9. The Morgan fingerprint density at radius 3 is 2.38 bits per heavy atom. The van der Waals surface area contributed by atoms with Crippen LogP contribution >= 0.6 is 0 Å². The molecule has 3 aromatic rings. The fourth-order valence-corrected chi connectivity index (χ4v) is 9.57. The Kier molecular flexibility index (Phi) is 11.6. The highest BCUT2D eigenvalue weighted by Gasteiger charge is 2.46. The molecular formula is C44H51F3N10O4. The molecule has 61 heavy (non-hydrogen) atoms. The van der Waals surface area contributed by atoms with Crippen LogP contribution in [-0.2, 0) is 22.3 Å². The summed E-state index contributed by atoms with van der Waals surface area (Å²) in [6, 6.07) is 14.2. The Morgan fingerprint density at radius 1 is 0.967 bits per heavy atom. The van der Waals surface area contributed by atoms with Crippen molar-refractivity contribution >= 4 is 47.0 Å². The molecule has 17 heteroatoms. The minimum Gasteiger partial charge on any atom is -0.369 e. The van der Waals surface area contributed by atoms with Gasteiger partial charge in [0.15, 0.2) is 0 Å². The van der Waals surface area contributed by atoms with Gasteiger partial charge < -0.3 is 39.9 Å². The van der Waals surface area contributed by atoms with E-state index in [9.17, 15) is 37.6 Å². The molecule has 3 atom stereocenters. The summed E-state index contributed by atoms with van der Waals surface area (Å²) in [5.74, 6) is 1.17. The lowest BCUT2D eigenvalue weighted by atomic mass is 9.89. The normalized spacial score (nSPS) is 24.0. The van der Waals surface area contributed by atoms with Crippen LogP contribution in [0.4, 0.5) is 40.8 Å². The Labute approximate surface area is 353 Å². The Bertz CT molecular complexity index is 2190. The van der Waals surface area contributed by atoms with Crippen LogP contribution in [0, 0.1) is 17.2 Å². The van der Waals surface area contributed by atoms with Gasteiger partial charge in [-0.1, -0.05) is 0 Å². The van der Waals surface area contributed by atoms with Crippen LogP contribution in [0.1, 0.15) is 66.6 Å². The number of carbonyl (C=O) groups is 4. The Balaban J connectivity index is 0.777. The summed E-state index contributed by atoms with van der Waals surface area (Å²) in [6.07, 6.45) is 0.473. The van der Waals surface area contributed by atoms with Gasteiger partial charge >= 0.3 is 12.2 Å². The fraction of sp³-hybridized carbons (Fsp3) is 0.500. The summed E-state index contributed by atoms with van der Waals surface area (Å²) in [6.45, 7) is 11.3. The molecule has 0 spiro atoms. The third-order valence-electron chi connectivity index (χ3n) is 13.2. The number of piperidine rings is 2. The zero-order valence-electron chi connectivity index (χ0n) is 34.5. The number of aromatic nitrogens is 1. The smallest absolute Gasteiger partial charge is 0.369 e. The van der Waals surface area contributed by atoms with Gasteiger partial charge in [-0.2, -0.15) is 18.4 Å². The molecule has 5 aliphatic heterocycles. The molecule has 4 amide bonds. The number of carbonyl (C=O) groups excluding carboxylic acids is 4. The van der Waals surface area contributed by atoms with Crippen molar-refractivity contribution in [3.8, 4) is 6.07 Å². The SMILES string of the molecule is C[C@@H]1CN(c2ccc(C#N)c(C(F)(F)F)c2)[C@@H](C)CN1C(=O)Nc1ccc(N2CCC(CN3CCN(c4ccc5c(c4)CN([C@@]4(C=O)CCC(=O)NC4)C5=O)CC3)CC2)nc1. The standard InChI is InChI=1S/C44H51F3N10O4/c1-29-24-56(30(2)23-55(29)36-5-3-32(21-48)38(20-36)44(45,46)47)42(61)51-34-4-8-39(49-22-34)54-13-10-31(11-14-54)25-52-15-17-53(18-16-52)35-6-7-37-33(19-35)26-57(41(37)60)43(28-58)12-9-40(59)50-27-43/h3-8,19-20,22,28-31H,9-18,23-27H2,1-2H3,(H,50,59)(H,51,61)/t29-,30+,43-/m0/s1. The summed E-state index contributed by atoms with van der Waals surface area (Å²) >= 11 is 0. The van der Waals surface area contributed by atoms with Gasteiger partial charge in [-0.25, -0.2) is 9.78 Å². The van der Waals surface area contributed by atoms with E-state index in [4.69, 9.17) is 0 Å². The van der Waals surface area contributed by atoms with E-state index in [-0.39, 0.29) is 42.9 Å². The highest BCUT2D eigenvalue weighted by molar-refractivity contribution is 6.01. The molecule has 2 N–H and O–H groups in total. The number of urea groups is 1. The summed E-state index contributed by atoms with van der Waals surface area (Å²) in [5.41, 5.74) is 1.14. The number of nitriles is 1. The summed E-state index contributed by atoms with van der Waals surface area (Å²) in [7, 11) is 0. The molecule has 322 valence electrons. The van der Waals surface area contributed by atoms with Crippen LogP contribution in [0.3, 0.4) is 0 Å². The molecule has 6 heterocycles. The molecule has 0 saturated carbocycles. The molecule has 5 aliphatic rings. The number of hydrogen-bond donors (Lipinski definition) is 2. The number of fused-ring (bicyclic) bond motifs is 1. The van der Waals surface area contributed by atoms with Gasteiger partial charge in [-0.15, -0.1) is 0 Å². The second-order valence-electron chi connectivity index (χ2n) is 17.1. The number of aldehydes is 1. The maximum Gasteiger partial charge on any atom is 0.417 e. The largest absolute Gasteiger partial charge is 0.417 e. The lowest BCUT2D eigenvalue weighted by Crippen LogP contribution is -2.60. The van der Waals surface area contributed by atoms with Gasteiger partial charge in [0.2, 0.25) is 5.91 Å². The first kappa shape index (κ1) is 41.8. The summed E-state index contributed by atoms with van der Waals surface area (Å²) in [4.78, 5) is 67.7. The molecule has 0 unspecified atom stereocenters. The molecule has 0 aliphatic carbocycles. The number of anilines is 4. The lowest BCUT2D eigenvalue weighted by molar-refractivity contribution is -0.137. The number of rotatable bonds is 8. The van der Waals surface area contributed by atoms with Crippen LogP contribution in [-0.4, -0.2) is 127 Å². The van der Waals surface area contributed by atoms with E-state index in [1.807, 2.05) is 43.0 Å². The highest BCUT2D eigenvalue weighted by Crippen LogP contribution is 2.37. The zero-order chi connectivity index (χ0) is 43.1. The highest BCUT2D eigenvalue weighted by atomic mass is 19.4. The van der Waals surface area contributed by atoms with Crippen LogP contribution < -0.4 is 25.3 Å². The van der Waals surface area contributed by atoms with Crippen molar-refractivity contribution in [1.82, 2.24) is 25.0 Å². The van der Waals surface area contributed by atoms with E-state index in [1.54, 1.807) is 22.1 Å². The molecule has 8 rings (SSSR count). The summed E-state index contributed by atoms with van der Waals surface area (Å²) < 4.78 is 40.9. The monoisotopic (exact) mass is 840 g/mol. The molecule has 1 aromatic heterocycles. The minimum atomic E-state index is -4.65. The Morgan fingerprint density at radius 2 is 1.72 bits per heavy atom. The average molecular weight is 841 g/mol. The van der Waals surface area contributed by atoms with Crippen molar-refractivity contribution in [3.05, 3.63) is 77.0 Å². The van der Waals surface area contributed by atoms with E-state index >= 15 is 0 Å². The number of nitrogens with zero attached hydrogens (tertiary/aromatic N) is 8. The quantitative estimate of drug-likeness (QED) is 0.299. The molecule has 0 bridgehead atoms. The molecule has 14 nitrogen and oxygen atoms in total. The molecule has 4 saturated heterocycles. The molecule has 2 aromatic carbocycles. The van der Waals surface area contributed by atoms with E-state index in [1.165, 1.54) is 12.1 Å². The first-order valence-electron chi connectivity index (χ1n) is 21.1. The number of nitrogens with one attached hydrogen (secondary N) is 2. The van der Waals surface area contributed by atoms with E-state index < -0.39 is 22.8 Å². The maximum absolute atomic E-state index is 13.6. The fourth-order valence-electron chi connectivity index (χ4n) is 9.57. The van der Waals surface area contributed by atoms with Crippen LogP contribution in [0.5, 0.6) is 0 Å². The van der Waals surface area contributed by atoms with Gasteiger partial charge in [0.05, 0.1) is 29.1 Å². The first-order valence-corrected chi connectivity index (χ1v) is 21.1. The number of piperazine rings is 2. The Hall–Kier alpha value is -5.89. The van der Waals surface area contributed by atoms with E-state index in [0.717, 1.165) is 88.1 Å². The molecular weight excluding hydrogens is 790 g/mol. The number of benzene rings is 2. The second-order valence-corrected chi connectivity index (χ2v) is 17.1. The van der Waals surface area contributed by atoms with Gasteiger partial charge in [-0.05, 0) is 93.1 Å². The van der Waals surface area contributed by atoms with Crippen molar-refractivity contribution in [1.29, 1.82) is 5.26 Å². The maximum atomic E-state index is 13.6. The van der Waals surface area contributed by atoms with Gasteiger partial charge in [-0.3, -0.25) is 14.5 Å². The topological polar surface area (TPSA) is 148 Å². The van der Waals surface area contributed by atoms with E-state index in [2.05, 4.69) is 36.4 Å². The zero-order valence-corrected chi connectivity index (χ0v) is 34.5. The average Bonchev–Trinajstić information content (AvgIpc) is 3.60. The number of pyridine rings is 1. The molecule has 4 fully saturated rings. The lowest BCUT2D eigenvalue weighted by Gasteiger charge is -2.45. The van der Waals surface area contributed by atoms with Gasteiger partial charge in [0, 0.05) is 107 Å². The predicted octanol–water partition coefficient (Wildman–Crippen LogP) is 4.95. The first-order chi connectivity index (χ1) is 29.2. The number of amides is 4. The third kappa shape index (κ3) is 8.55. The number of halogens is 3. The van der Waals surface area contributed by atoms with Crippen LogP contribution in [0.15, 0.2) is 54.7 Å². The minimum absolute atomic E-state index is 0.0991. The van der Waals surface area contributed by atoms with Crippen LogP contribution in [0.2, 0.25) is 0 Å². The van der Waals surface area contributed by atoms with Crippen molar-refractivity contribution < 1.29 is 32.3 Å². The number of hydrogen-bond acceptors (Lipinski definition) is 10. The second kappa shape index (κ2) is 16.9.